The number of nitrogens with one attached hydrogen (secondary N) is 1. The average Bonchev–Trinajstić information content (AvgIpc) is 2.26. The van der Waals surface area contributed by atoms with Crippen LogP contribution in [0, 0.1) is 5.92 Å². The molecule has 3 nitrogen and oxygen atoms in total. The molecule has 0 bridgehead atoms. The van der Waals surface area contributed by atoms with E-state index in [2.05, 4.69) is 17.0 Å². The van der Waals surface area contributed by atoms with Crippen molar-refractivity contribution >= 4 is 5.97 Å². The minimum Gasteiger partial charge on any atom is -0.468 e. The molecule has 14 heavy (non-hydrogen) atoms. The fourth-order valence-corrected chi connectivity index (χ4v) is 2.25. The Kier molecular flexibility index (Phi) is 4.94. The first-order valence-corrected chi connectivity index (χ1v) is 5.58. The molecule has 0 spiro atoms. The van der Waals surface area contributed by atoms with E-state index in [1.807, 2.05) is 0 Å². The smallest absolute Gasteiger partial charge is 0.319 e. The van der Waals surface area contributed by atoms with E-state index in [9.17, 15) is 4.79 Å². The Morgan fingerprint density at radius 2 is 2.14 bits per heavy atom. The fourth-order valence-electron chi connectivity index (χ4n) is 2.25. The molecule has 1 saturated carbocycles. The summed E-state index contributed by atoms with van der Waals surface area (Å²) in [7, 11) is 1.43. The molecule has 0 heterocycles. The van der Waals surface area contributed by atoms with Crippen molar-refractivity contribution in [2.24, 2.45) is 5.92 Å². The fraction of sp³-hybridized carbons (Fsp3) is 0.909. The summed E-state index contributed by atoms with van der Waals surface area (Å²) in [5.74, 6) is 0.582. The van der Waals surface area contributed by atoms with Gasteiger partial charge in [-0.2, -0.15) is 0 Å². The lowest BCUT2D eigenvalue weighted by atomic mass is 9.83. The minimum absolute atomic E-state index is 0.162. The van der Waals surface area contributed by atoms with Crippen LogP contribution < -0.4 is 5.32 Å². The normalized spacial score (nSPS) is 27.3. The quantitative estimate of drug-likeness (QED) is 0.701. The molecule has 1 N–H and O–H groups in total. The van der Waals surface area contributed by atoms with Crippen molar-refractivity contribution in [1.82, 2.24) is 5.32 Å². The van der Waals surface area contributed by atoms with Crippen LogP contribution >= 0.6 is 0 Å². The van der Waals surface area contributed by atoms with Gasteiger partial charge >= 0.3 is 5.97 Å². The van der Waals surface area contributed by atoms with Gasteiger partial charge in [0.05, 0.1) is 13.7 Å². The molecule has 0 aromatic rings. The SMILES string of the molecule is CCC1CCCCC1NCC(=O)OC. The second-order valence-corrected chi connectivity index (χ2v) is 4.02. The third-order valence-corrected chi connectivity index (χ3v) is 3.17. The van der Waals surface area contributed by atoms with Crippen LogP contribution in [-0.4, -0.2) is 25.7 Å². The van der Waals surface area contributed by atoms with Crippen molar-refractivity contribution in [3.63, 3.8) is 0 Å². The number of hydrogen-bond donors (Lipinski definition) is 1. The molecular formula is C11H21NO2. The van der Waals surface area contributed by atoms with Crippen LogP contribution in [0.25, 0.3) is 0 Å². The van der Waals surface area contributed by atoms with Crippen molar-refractivity contribution < 1.29 is 9.53 Å². The second-order valence-electron chi connectivity index (χ2n) is 4.02. The van der Waals surface area contributed by atoms with Crippen LogP contribution in [-0.2, 0) is 9.53 Å². The Hall–Kier alpha value is -0.570. The molecule has 1 aliphatic carbocycles. The van der Waals surface area contributed by atoms with E-state index in [0.29, 0.717) is 12.6 Å². The summed E-state index contributed by atoms with van der Waals surface area (Å²) in [6.45, 7) is 2.58. The van der Waals surface area contributed by atoms with E-state index < -0.39 is 0 Å². The maximum absolute atomic E-state index is 11.0. The lowest BCUT2D eigenvalue weighted by molar-refractivity contribution is -0.139. The van der Waals surface area contributed by atoms with Crippen molar-refractivity contribution in [2.45, 2.75) is 45.1 Å². The van der Waals surface area contributed by atoms with Crippen LogP contribution in [0.5, 0.6) is 0 Å². The summed E-state index contributed by atoms with van der Waals surface area (Å²) in [5.41, 5.74) is 0. The molecule has 0 aliphatic heterocycles. The van der Waals surface area contributed by atoms with Gasteiger partial charge in [0.25, 0.3) is 0 Å². The third kappa shape index (κ3) is 3.29. The van der Waals surface area contributed by atoms with E-state index in [1.165, 1.54) is 39.2 Å². The molecule has 1 fully saturated rings. The first-order valence-electron chi connectivity index (χ1n) is 5.58. The number of methoxy groups -OCH3 is 1. The molecule has 1 aliphatic rings. The van der Waals surface area contributed by atoms with E-state index >= 15 is 0 Å². The number of ether oxygens (including phenoxy) is 1. The van der Waals surface area contributed by atoms with Crippen molar-refractivity contribution in [2.75, 3.05) is 13.7 Å². The third-order valence-electron chi connectivity index (χ3n) is 3.17. The predicted octanol–water partition coefficient (Wildman–Crippen LogP) is 1.72. The largest absolute Gasteiger partial charge is 0.468 e. The van der Waals surface area contributed by atoms with Crippen molar-refractivity contribution in [1.29, 1.82) is 0 Å². The van der Waals surface area contributed by atoms with Gasteiger partial charge in [-0.15, -0.1) is 0 Å². The molecule has 2 unspecified atom stereocenters. The topological polar surface area (TPSA) is 38.3 Å². The van der Waals surface area contributed by atoms with Crippen molar-refractivity contribution in [3.8, 4) is 0 Å². The molecule has 3 heteroatoms. The maximum Gasteiger partial charge on any atom is 0.319 e. The van der Waals surface area contributed by atoms with E-state index in [4.69, 9.17) is 0 Å². The molecular weight excluding hydrogens is 178 g/mol. The van der Waals surface area contributed by atoms with Gasteiger partial charge in [0.1, 0.15) is 0 Å². The van der Waals surface area contributed by atoms with Gasteiger partial charge < -0.3 is 10.1 Å². The summed E-state index contributed by atoms with van der Waals surface area (Å²) in [6.07, 6.45) is 6.34. The van der Waals surface area contributed by atoms with Gasteiger partial charge in [0, 0.05) is 6.04 Å². The second kappa shape index (κ2) is 6.02. The van der Waals surface area contributed by atoms with Crippen molar-refractivity contribution in [3.05, 3.63) is 0 Å². The molecule has 1 rings (SSSR count). The molecule has 82 valence electrons. The first-order chi connectivity index (χ1) is 6.77. The summed E-state index contributed by atoms with van der Waals surface area (Å²) < 4.78 is 4.61. The predicted molar refractivity (Wildman–Crippen MR) is 56.1 cm³/mol. The number of carbonyl (C=O) groups excluding carboxylic acids is 1. The van der Waals surface area contributed by atoms with Crippen LogP contribution in [0.1, 0.15) is 39.0 Å². The van der Waals surface area contributed by atoms with Gasteiger partial charge in [-0.1, -0.05) is 26.2 Å². The number of rotatable bonds is 4. The number of carbonyl (C=O) groups is 1. The van der Waals surface area contributed by atoms with Crippen LogP contribution in [0.3, 0.4) is 0 Å². The first kappa shape index (κ1) is 11.5. The average molecular weight is 199 g/mol. The van der Waals surface area contributed by atoms with Crippen LogP contribution in [0.4, 0.5) is 0 Å². The monoisotopic (exact) mass is 199 g/mol. The number of hydrogen-bond acceptors (Lipinski definition) is 3. The van der Waals surface area contributed by atoms with Gasteiger partial charge in [0.15, 0.2) is 0 Å². The van der Waals surface area contributed by atoms with Gasteiger partial charge in [-0.25, -0.2) is 0 Å². The molecule has 0 amide bonds. The van der Waals surface area contributed by atoms with Gasteiger partial charge in [0.2, 0.25) is 0 Å². The van der Waals surface area contributed by atoms with Crippen LogP contribution in [0.2, 0.25) is 0 Å². The molecule has 0 aromatic carbocycles. The van der Waals surface area contributed by atoms with Gasteiger partial charge in [-0.3, -0.25) is 4.79 Å². The summed E-state index contributed by atoms with van der Waals surface area (Å²) in [4.78, 5) is 11.0. The Morgan fingerprint density at radius 1 is 1.43 bits per heavy atom. The molecule has 0 saturated heterocycles. The summed E-state index contributed by atoms with van der Waals surface area (Å²) in [6, 6.07) is 0.521. The van der Waals surface area contributed by atoms with E-state index in [1.54, 1.807) is 0 Å². The Labute approximate surface area is 86.2 Å². The molecule has 2 atom stereocenters. The zero-order chi connectivity index (χ0) is 10.4. The van der Waals surface area contributed by atoms with E-state index in [-0.39, 0.29) is 5.97 Å². The highest BCUT2D eigenvalue weighted by atomic mass is 16.5. The Bertz CT molecular complexity index is 182. The Morgan fingerprint density at radius 3 is 2.79 bits per heavy atom. The zero-order valence-corrected chi connectivity index (χ0v) is 9.21. The van der Waals surface area contributed by atoms with Crippen LogP contribution in [0.15, 0.2) is 0 Å². The minimum atomic E-state index is -0.162. The lowest BCUT2D eigenvalue weighted by Crippen LogP contribution is -2.41. The van der Waals surface area contributed by atoms with Gasteiger partial charge in [-0.05, 0) is 18.8 Å². The standard InChI is InChI=1S/C11H21NO2/c1-3-9-6-4-5-7-10(9)12-8-11(13)14-2/h9-10,12H,3-8H2,1-2H3. The Balaban J connectivity index is 2.29. The number of esters is 1. The zero-order valence-electron chi connectivity index (χ0n) is 9.21. The summed E-state index contributed by atoms with van der Waals surface area (Å²) in [5, 5.41) is 3.30. The highest BCUT2D eigenvalue weighted by Crippen LogP contribution is 2.26. The molecule has 0 radical (unpaired) electrons. The molecule has 0 aromatic heterocycles. The maximum atomic E-state index is 11.0. The highest BCUT2D eigenvalue weighted by Gasteiger charge is 2.23. The highest BCUT2D eigenvalue weighted by molar-refractivity contribution is 5.71. The lowest BCUT2D eigenvalue weighted by Gasteiger charge is -2.31. The van der Waals surface area contributed by atoms with E-state index in [0.717, 1.165) is 5.92 Å². The summed E-state index contributed by atoms with van der Waals surface area (Å²) >= 11 is 0.